The minimum absolute atomic E-state index is 0.0505. The molecule has 1 unspecified atom stereocenters. The van der Waals surface area contributed by atoms with Crippen molar-refractivity contribution in [2.75, 3.05) is 5.32 Å². The highest BCUT2D eigenvalue weighted by Crippen LogP contribution is 2.15. The third kappa shape index (κ3) is 3.26. The molecule has 0 aliphatic carbocycles. The summed E-state index contributed by atoms with van der Waals surface area (Å²) in [7, 11) is 0. The number of anilines is 1. The molecule has 1 atom stereocenters. The van der Waals surface area contributed by atoms with Crippen LogP contribution in [0.3, 0.4) is 0 Å². The quantitative estimate of drug-likeness (QED) is 0.793. The lowest BCUT2D eigenvalue weighted by molar-refractivity contribution is 0.0649. The summed E-state index contributed by atoms with van der Waals surface area (Å²) < 4.78 is 0. The van der Waals surface area contributed by atoms with Crippen LogP contribution in [0.4, 0.5) is 5.69 Å². The number of rotatable bonds is 3. The maximum atomic E-state index is 9.73. The lowest BCUT2D eigenvalue weighted by Crippen LogP contribution is -2.39. The molecule has 0 fully saturated rings. The maximum Gasteiger partial charge on any atom is 0.0991 e. The van der Waals surface area contributed by atoms with Crippen LogP contribution in [0.5, 0.6) is 0 Å². The van der Waals surface area contributed by atoms with E-state index in [1.165, 1.54) is 0 Å². The Balaban J connectivity index is 2.70. The molecule has 1 aromatic carbocycles. The molecule has 0 aromatic heterocycles. The van der Waals surface area contributed by atoms with E-state index < -0.39 is 5.60 Å². The van der Waals surface area contributed by atoms with Crippen molar-refractivity contribution in [3.05, 3.63) is 29.8 Å². The first-order valence-corrected chi connectivity index (χ1v) is 4.92. The van der Waals surface area contributed by atoms with Gasteiger partial charge in [-0.05, 0) is 45.0 Å². The molecule has 0 heterocycles. The molecule has 2 N–H and O–H groups in total. The van der Waals surface area contributed by atoms with Crippen LogP contribution in [-0.4, -0.2) is 16.7 Å². The number of benzene rings is 1. The highest BCUT2D eigenvalue weighted by molar-refractivity contribution is 5.48. The smallest absolute Gasteiger partial charge is 0.0991 e. The second-order valence-corrected chi connectivity index (χ2v) is 4.21. The van der Waals surface area contributed by atoms with E-state index in [4.69, 9.17) is 5.26 Å². The molecular formula is C12H16N2O. The van der Waals surface area contributed by atoms with Crippen LogP contribution in [0.2, 0.25) is 0 Å². The summed E-state index contributed by atoms with van der Waals surface area (Å²) in [4.78, 5) is 0. The average molecular weight is 204 g/mol. The van der Waals surface area contributed by atoms with Gasteiger partial charge in [0.25, 0.3) is 0 Å². The zero-order valence-corrected chi connectivity index (χ0v) is 9.28. The second-order valence-electron chi connectivity index (χ2n) is 4.21. The summed E-state index contributed by atoms with van der Waals surface area (Å²) in [6, 6.07) is 9.18. The fourth-order valence-electron chi connectivity index (χ4n) is 1.07. The minimum Gasteiger partial charge on any atom is -0.388 e. The number of hydrogen-bond acceptors (Lipinski definition) is 3. The van der Waals surface area contributed by atoms with Gasteiger partial charge in [-0.1, -0.05) is 0 Å². The molecule has 0 amide bonds. The van der Waals surface area contributed by atoms with Gasteiger partial charge in [0, 0.05) is 5.69 Å². The third-order valence-electron chi connectivity index (χ3n) is 2.46. The molecule has 0 saturated heterocycles. The van der Waals surface area contributed by atoms with Gasteiger partial charge in [0.1, 0.15) is 0 Å². The maximum absolute atomic E-state index is 9.73. The average Bonchev–Trinajstić information content (AvgIpc) is 2.17. The highest BCUT2D eigenvalue weighted by atomic mass is 16.3. The van der Waals surface area contributed by atoms with Crippen molar-refractivity contribution in [1.82, 2.24) is 0 Å². The highest BCUT2D eigenvalue weighted by Gasteiger charge is 2.21. The van der Waals surface area contributed by atoms with Gasteiger partial charge < -0.3 is 10.4 Å². The minimum atomic E-state index is -0.770. The third-order valence-corrected chi connectivity index (χ3v) is 2.46. The van der Waals surface area contributed by atoms with Crippen molar-refractivity contribution in [2.24, 2.45) is 0 Å². The van der Waals surface area contributed by atoms with Gasteiger partial charge in [-0.25, -0.2) is 0 Å². The number of nitriles is 1. The molecule has 3 nitrogen and oxygen atoms in total. The van der Waals surface area contributed by atoms with Gasteiger partial charge in [0.15, 0.2) is 0 Å². The predicted octanol–water partition coefficient (Wildman–Crippen LogP) is 2.13. The van der Waals surface area contributed by atoms with E-state index in [-0.39, 0.29) is 6.04 Å². The number of nitrogens with one attached hydrogen (secondary N) is 1. The summed E-state index contributed by atoms with van der Waals surface area (Å²) >= 11 is 0. The summed E-state index contributed by atoms with van der Waals surface area (Å²) in [6.07, 6.45) is 0. The van der Waals surface area contributed by atoms with Gasteiger partial charge in [-0.15, -0.1) is 0 Å². The molecular weight excluding hydrogens is 188 g/mol. The Bertz CT molecular complexity index is 357. The zero-order valence-electron chi connectivity index (χ0n) is 9.28. The van der Waals surface area contributed by atoms with Crippen molar-refractivity contribution in [2.45, 2.75) is 32.4 Å². The lowest BCUT2D eigenvalue weighted by atomic mass is 10.0. The molecule has 15 heavy (non-hydrogen) atoms. The second kappa shape index (κ2) is 4.33. The first kappa shape index (κ1) is 11.5. The monoisotopic (exact) mass is 204 g/mol. The van der Waals surface area contributed by atoms with Crippen LogP contribution >= 0.6 is 0 Å². The fraction of sp³-hybridized carbons (Fsp3) is 0.417. The van der Waals surface area contributed by atoms with Crippen LogP contribution in [0.15, 0.2) is 24.3 Å². The summed E-state index contributed by atoms with van der Waals surface area (Å²) in [5, 5.41) is 21.5. The largest absolute Gasteiger partial charge is 0.388 e. The Hall–Kier alpha value is -1.53. The lowest BCUT2D eigenvalue weighted by Gasteiger charge is -2.27. The van der Waals surface area contributed by atoms with Crippen LogP contribution in [-0.2, 0) is 0 Å². The normalized spacial score (nSPS) is 13.0. The van der Waals surface area contributed by atoms with Gasteiger partial charge in [-0.2, -0.15) is 5.26 Å². The summed E-state index contributed by atoms with van der Waals surface area (Å²) in [5.74, 6) is 0. The van der Waals surface area contributed by atoms with E-state index in [0.29, 0.717) is 5.56 Å². The molecule has 3 heteroatoms. The van der Waals surface area contributed by atoms with E-state index in [2.05, 4.69) is 11.4 Å². The van der Waals surface area contributed by atoms with Crippen LogP contribution in [0.25, 0.3) is 0 Å². The zero-order chi connectivity index (χ0) is 11.5. The fourth-order valence-corrected chi connectivity index (χ4v) is 1.07. The van der Waals surface area contributed by atoms with E-state index in [9.17, 15) is 5.11 Å². The number of aliphatic hydroxyl groups is 1. The van der Waals surface area contributed by atoms with Crippen molar-refractivity contribution >= 4 is 5.69 Å². The molecule has 80 valence electrons. The van der Waals surface area contributed by atoms with E-state index in [1.807, 2.05) is 19.1 Å². The van der Waals surface area contributed by atoms with Crippen LogP contribution in [0.1, 0.15) is 26.3 Å². The molecule has 0 aliphatic heterocycles. The standard InChI is InChI=1S/C12H16N2O/c1-9(12(2,3)15)14-11-6-4-10(8-13)5-7-11/h4-7,9,14-15H,1-3H3. The Morgan fingerprint density at radius 1 is 1.33 bits per heavy atom. The van der Waals surface area contributed by atoms with Crippen molar-refractivity contribution in [1.29, 1.82) is 5.26 Å². The van der Waals surface area contributed by atoms with Crippen molar-refractivity contribution in [3.63, 3.8) is 0 Å². The van der Waals surface area contributed by atoms with Crippen molar-refractivity contribution in [3.8, 4) is 6.07 Å². The predicted molar refractivity (Wildman–Crippen MR) is 60.5 cm³/mol. The van der Waals surface area contributed by atoms with Gasteiger partial charge in [-0.3, -0.25) is 0 Å². The molecule has 0 spiro atoms. The van der Waals surface area contributed by atoms with Gasteiger partial charge in [0.2, 0.25) is 0 Å². The Morgan fingerprint density at radius 2 is 1.87 bits per heavy atom. The van der Waals surface area contributed by atoms with Gasteiger partial charge >= 0.3 is 0 Å². The molecule has 1 rings (SSSR count). The Morgan fingerprint density at radius 3 is 2.27 bits per heavy atom. The van der Waals surface area contributed by atoms with E-state index >= 15 is 0 Å². The number of hydrogen-bond donors (Lipinski definition) is 2. The molecule has 1 aromatic rings. The Labute approximate surface area is 90.4 Å². The number of nitrogens with zero attached hydrogens (tertiary/aromatic N) is 1. The van der Waals surface area contributed by atoms with Crippen molar-refractivity contribution < 1.29 is 5.11 Å². The SMILES string of the molecule is CC(Nc1ccc(C#N)cc1)C(C)(C)O. The topological polar surface area (TPSA) is 56.0 Å². The van der Waals surface area contributed by atoms with Gasteiger partial charge in [0.05, 0.1) is 23.3 Å². The van der Waals surface area contributed by atoms with Crippen LogP contribution in [0, 0.1) is 11.3 Å². The molecule has 0 radical (unpaired) electrons. The Kier molecular flexibility index (Phi) is 3.33. The first-order valence-electron chi connectivity index (χ1n) is 4.92. The molecule has 0 bridgehead atoms. The van der Waals surface area contributed by atoms with E-state index in [1.54, 1.807) is 26.0 Å². The molecule has 0 saturated carbocycles. The summed E-state index contributed by atoms with van der Waals surface area (Å²) in [6.45, 7) is 5.43. The van der Waals surface area contributed by atoms with Crippen LogP contribution < -0.4 is 5.32 Å². The first-order chi connectivity index (χ1) is 6.93. The van der Waals surface area contributed by atoms with E-state index in [0.717, 1.165) is 5.69 Å². The molecule has 0 aliphatic rings. The summed E-state index contributed by atoms with van der Waals surface area (Å²) in [5.41, 5.74) is 0.772.